The number of hydrogen-bond acceptors (Lipinski definition) is 9. The van der Waals surface area contributed by atoms with E-state index < -0.39 is 0 Å². The summed E-state index contributed by atoms with van der Waals surface area (Å²) in [7, 11) is 1.50. The number of hydrogen-bond donors (Lipinski definition) is 2. The van der Waals surface area contributed by atoms with Crippen LogP contribution < -0.4 is 15.8 Å². The normalized spacial score (nSPS) is 16.9. The van der Waals surface area contributed by atoms with E-state index in [-0.39, 0.29) is 11.9 Å². The lowest BCUT2D eigenvalue weighted by molar-refractivity contribution is -0.146. The number of benzene rings is 1. The molecule has 2 aliphatic rings. The monoisotopic (exact) mass is 486 g/mol. The number of aliphatic imine (C=N–C) groups is 1. The zero-order valence-electron chi connectivity index (χ0n) is 20.2. The van der Waals surface area contributed by atoms with E-state index in [4.69, 9.17) is 9.47 Å². The molecule has 1 aromatic carbocycles. The summed E-state index contributed by atoms with van der Waals surface area (Å²) < 4.78 is 10.4. The predicted octanol–water partition coefficient (Wildman–Crippen LogP) is 4.37. The third kappa shape index (κ3) is 9.29. The van der Waals surface area contributed by atoms with Gasteiger partial charge in [-0.2, -0.15) is 0 Å². The quantitative estimate of drug-likeness (QED) is 0.487. The van der Waals surface area contributed by atoms with Crippen molar-refractivity contribution in [3.63, 3.8) is 0 Å². The fraction of sp³-hybridized carbons (Fsp3) is 0.360. The molecule has 3 N–H and O–H groups in total. The van der Waals surface area contributed by atoms with Crippen LogP contribution in [0.2, 0.25) is 0 Å². The minimum Gasteiger partial charge on any atom is -0.493 e. The topological polar surface area (TPSA) is 116 Å². The van der Waals surface area contributed by atoms with Crippen LogP contribution in [0.3, 0.4) is 0 Å². The molecule has 8 nitrogen and oxygen atoms in total. The summed E-state index contributed by atoms with van der Waals surface area (Å²) >= 11 is 1.49. The first-order chi connectivity index (χ1) is 16.7. The Morgan fingerprint density at radius 3 is 2.85 bits per heavy atom. The Morgan fingerprint density at radius 1 is 1.35 bits per heavy atom. The molecular weight excluding hydrogens is 452 g/mol. The van der Waals surface area contributed by atoms with Gasteiger partial charge in [0.05, 0.1) is 25.5 Å². The van der Waals surface area contributed by atoms with Crippen molar-refractivity contribution < 1.29 is 19.1 Å². The van der Waals surface area contributed by atoms with Crippen LogP contribution in [-0.4, -0.2) is 43.8 Å². The van der Waals surface area contributed by atoms with Crippen molar-refractivity contribution in [2.24, 2.45) is 16.6 Å². The fourth-order valence-electron chi connectivity index (χ4n) is 2.86. The molecule has 0 aliphatic carbocycles. The molecule has 0 spiro atoms. The van der Waals surface area contributed by atoms with Gasteiger partial charge in [0, 0.05) is 23.6 Å². The second-order valence-electron chi connectivity index (χ2n) is 6.40. The molecule has 0 saturated carbocycles. The summed E-state index contributed by atoms with van der Waals surface area (Å²) in [6.07, 6.45) is 10.9. The number of ether oxygens (including phenoxy) is 2. The number of nitrogens with two attached hydrogens (primary N) is 1. The van der Waals surface area contributed by atoms with Crippen LogP contribution in [0.1, 0.15) is 43.2 Å². The zero-order chi connectivity index (χ0) is 25.2. The van der Waals surface area contributed by atoms with Gasteiger partial charge in [-0.15, -0.1) is 11.3 Å². The van der Waals surface area contributed by atoms with Crippen molar-refractivity contribution >= 4 is 29.9 Å². The predicted molar refractivity (Wildman–Crippen MR) is 138 cm³/mol. The Morgan fingerprint density at radius 2 is 2.15 bits per heavy atom. The minimum atomic E-state index is -0.222. The summed E-state index contributed by atoms with van der Waals surface area (Å²) in [5.41, 5.74) is 7.28. The molecule has 2 aliphatic heterocycles. The maximum Gasteiger partial charge on any atom is 0.313 e. The SMILES string of the molecule is CC.CCOC(=O)C1/C=C/NC=N/C=C/C1.CN.O=Cc1csc(-c2ccc3c(c2)CCO3)n1. The highest BCUT2D eigenvalue weighted by Gasteiger charge is 2.15. The van der Waals surface area contributed by atoms with Gasteiger partial charge in [-0.25, -0.2) is 9.98 Å². The summed E-state index contributed by atoms with van der Waals surface area (Å²) in [5, 5.41) is 5.48. The van der Waals surface area contributed by atoms with Gasteiger partial charge >= 0.3 is 5.97 Å². The fourth-order valence-corrected chi connectivity index (χ4v) is 3.63. The zero-order valence-corrected chi connectivity index (χ0v) is 21.0. The number of aldehydes is 1. The lowest BCUT2D eigenvalue weighted by Gasteiger charge is -2.08. The van der Waals surface area contributed by atoms with Crippen molar-refractivity contribution in [2.45, 2.75) is 33.6 Å². The van der Waals surface area contributed by atoms with Crippen molar-refractivity contribution in [1.29, 1.82) is 0 Å². The number of nitrogens with zero attached hydrogens (tertiary/aromatic N) is 2. The molecule has 9 heteroatoms. The maximum atomic E-state index is 11.4. The van der Waals surface area contributed by atoms with Gasteiger partial charge in [0.25, 0.3) is 0 Å². The Hall–Kier alpha value is -3.30. The average molecular weight is 487 g/mol. The minimum absolute atomic E-state index is 0.197. The number of rotatable bonds is 4. The summed E-state index contributed by atoms with van der Waals surface area (Å²) in [6, 6.07) is 6.05. The second-order valence-corrected chi connectivity index (χ2v) is 7.26. The Labute approximate surface area is 205 Å². The molecule has 0 saturated heterocycles. The molecule has 184 valence electrons. The molecule has 2 aromatic rings. The van der Waals surface area contributed by atoms with E-state index in [0.29, 0.717) is 18.7 Å². The van der Waals surface area contributed by atoms with Gasteiger partial charge in [-0.05, 0) is 50.4 Å². The number of carbonyl (C=O) groups excluding carboxylic acids is 2. The number of thiazole rings is 1. The summed E-state index contributed by atoms with van der Waals surface area (Å²) in [5.74, 6) is 0.549. The summed E-state index contributed by atoms with van der Waals surface area (Å²) in [4.78, 5) is 30.1. The molecule has 0 bridgehead atoms. The van der Waals surface area contributed by atoms with E-state index in [9.17, 15) is 9.59 Å². The number of aromatic nitrogens is 1. The standard InChI is InChI=1S/C12H9NO2S.C10H14N2O2.C2H6.CH5N/c14-6-10-7-16-12(13-10)9-1-2-11-8(5-9)3-4-15-11;1-2-14-10(13)9-4-3-6-11-8-12-7-5-9;2*1-2/h1-2,5-7H,3-4H2;3,5-9H,2,4H2,1H3,(H,11,12);1-2H3;2H2,1H3/b;6-3+,7-5+;;. The van der Waals surface area contributed by atoms with E-state index in [2.05, 4.69) is 27.1 Å². The Bertz CT molecular complexity index is 970. The average Bonchev–Trinajstić information content (AvgIpc) is 3.58. The number of carbonyl (C=O) groups is 2. The molecule has 3 heterocycles. The molecule has 34 heavy (non-hydrogen) atoms. The van der Waals surface area contributed by atoms with E-state index in [1.54, 1.807) is 37.1 Å². The molecule has 0 radical (unpaired) electrons. The Balaban J connectivity index is 0.000000300. The third-order valence-electron chi connectivity index (χ3n) is 4.32. The van der Waals surface area contributed by atoms with Crippen LogP contribution in [-0.2, 0) is 16.0 Å². The lowest BCUT2D eigenvalue weighted by atomic mass is 10.1. The Kier molecular flexibility index (Phi) is 14.5. The van der Waals surface area contributed by atoms with Crippen LogP contribution >= 0.6 is 11.3 Å². The van der Waals surface area contributed by atoms with Gasteiger partial charge in [0.1, 0.15) is 16.5 Å². The van der Waals surface area contributed by atoms with Crippen LogP contribution in [0.5, 0.6) is 5.75 Å². The summed E-state index contributed by atoms with van der Waals surface area (Å²) in [6.45, 7) is 6.97. The molecule has 0 fully saturated rings. The number of allylic oxidation sites excluding steroid dienone is 1. The van der Waals surface area contributed by atoms with Crippen molar-refractivity contribution in [2.75, 3.05) is 20.3 Å². The highest BCUT2D eigenvalue weighted by molar-refractivity contribution is 7.13. The molecule has 1 atom stereocenters. The highest BCUT2D eigenvalue weighted by atomic mass is 32.1. The number of esters is 1. The van der Waals surface area contributed by atoms with Gasteiger partial charge < -0.3 is 20.5 Å². The van der Waals surface area contributed by atoms with Gasteiger partial charge in [0.2, 0.25) is 0 Å². The van der Waals surface area contributed by atoms with E-state index >= 15 is 0 Å². The molecule has 0 amide bonds. The first-order valence-electron chi connectivity index (χ1n) is 11.2. The van der Waals surface area contributed by atoms with Crippen molar-refractivity contribution in [3.8, 4) is 16.3 Å². The van der Waals surface area contributed by atoms with E-state index in [1.165, 1.54) is 23.9 Å². The largest absolute Gasteiger partial charge is 0.493 e. The van der Waals surface area contributed by atoms with E-state index in [0.717, 1.165) is 35.6 Å². The number of nitrogens with one attached hydrogen (secondary N) is 1. The van der Waals surface area contributed by atoms with Crippen LogP contribution in [0, 0.1) is 5.92 Å². The number of fused-ring (bicyclic) bond motifs is 1. The second kappa shape index (κ2) is 17.2. The van der Waals surface area contributed by atoms with Gasteiger partial charge in [0.15, 0.2) is 6.29 Å². The van der Waals surface area contributed by atoms with Crippen molar-refractivity contribution in [1.82, 2.24) is 10.3 Å². The van der Waals surface area contributed by atoms with E-state index in [1.807, 2.05) is 32.1 Å². The molecule has 4 rings (SSSR count). The van der Waals surface area contributed by atoms with Crippen LogP contribution in [0.4, 0.5) is 0 Å². The molecule has 1 unspecified atom stereocenters. The highest BCUT2D eigenvalue weighted by Crippen LogP contribution is 2.31. The van der Waals surface area contributed by atoms with Crippen molar-refractivity contribution in [3.05, 3.63) is 59.4 Å². The smallest absolute Gasteiger partial charge is 0.313 e. The van der Waals surface area contributed by atoms with Gasteiger partial charge in [-0.3, -0.25) is 9.59 Å². The first-order valence-corrected chi connectivity index (χ1v) is 12.1. The maximum absolute atomic E-state index is 11.4. The van der Waals surface area contributed by atoms with Crippen LogP contribution in [0.25, 0.3) is 10.6 Å². The third-order valence-corrected chi connectivity index (χ3v) is 5.23. The van der Waals surface area contributed by atoms with Crippen LogP contribution in [0.15, 0.2) is 53.1 Å². The molecule has 1 aromatic heterocycles. The molecular formula is C25H34N4O4S. The van der Waals surface area contributed by atoms with Gasteiger partial charge in [-0.1, -0.05) is 26.0 Å². The lowest BCUT2D eigenvalue weighted by Crippen LogP contribution is -2.15. The first kappa shape index (κ1) is 28.7.